The molecule has 3 aromatic rings. The van der Waals surface area contributed by atoms with Crippen LogP contribution in [-0.4, -0.2) is 31.1 Å². The van der Waals surface area contributed by atoms with Crippen molar-refractivity contribution < 1.29 is 28.6 Å². The fraction of sp³-hybridized carbons (Fsp3) is 0.343. The van der Waals surface area contributed by atoms with Crippen molar-refractivity contribution in [3.63, 3.8) is 0 Å². The summed E-state index contributed by atoms with van der Waals surface area (Å²) in [7, 11) is 0. The summed E-state index contributed by atoms with van der Waals surface area (Å²) in [5, 5.41) is 2.77. The summed E-state index contributed by atoms with van der Waals surface area (Å²) >= 11 is 0. The van der Waals surface area contributed by atoms with E-state index in [2.05, 4.69) is 17.5 Å². The maximum Gasteiger partial charge on any atom is 0.338 e. The number of amides is 1. The van der Waals surface area contributed by atoms with E-state index in [1.165, 1.54) is 6.92 Å². The Morgan fingerprint density at radius 3 is 2.21 bits per heavy atom. The lowest BCUT2D eigenvalue weighted by Crippen LogP contribution is -2.06. The van der Waals surface area contributed by atoms with E-state index in [0.717, 1.165) is 53.8 Å². The first-order chi connectivity index (χ1) is 20.4. The number of carbonyl (C=O) groups is 3. The van der Waals surface area contributed by atoms with Crippen LogP contribution in [-0.2, 0) is 32.1 Å². The van der Waals surface area contributed by atoms with Crippen LogP contribution in [0.2, 0.25) is 0 Å². The molecule has 0 saturated heterocycles. The van der Waals surface area contributed by atoms with Gasteiger partial charge in [-0.2, -0.15) is 0 Å². The largest absolute Gasteiger partial charge is 0.488 e. The molecule has 1 N–H and O–H groups in total. The van der Waals surface area contributed by atoms with Gasteiger partial charge in [0.05, 0.1) is 18.8 Å². The Kier molecular flexibility index (Phi) is 13.3. The van der Waals surface area contributed by atoms with Crippen LogP contribution in [0, 0.1) is 5.92 Å². The predicted octanol–water partition coefficient (Wildman–Crippen LogP) is 7.40. The molecule has 0 heterocycles. The standard InChI is InChI=1S/C35H41NO6/c1-4-40-34(38)13-9-6-10-27(24-28-15-20-31(21-16-28)35(39)41-5-2)14-19-30-11-7-8-12-33(30)42-25-29-17-22-32(23-18-29)36-26(3)37/h7-8,11-12,14-23,27H,4-6,9-10,13,24-25H2,1-3H3,(H,36,37)/b19-14+. The molecule has 0 bridgehead atoms. The van der Waals surface area contributed by atoms with Crippen molar-refractivity contribution in [1.29, 1.82) is 0 Å². The number of esters is 2. The van der Waals surface area contributed by atoms with E-state index >= 15 is 0 Å². The van der Waals surface area contributed by atoms with Crippen molar-refractivity contribution in [3.8, 4) is 5.75 Å². The number of carbonyl (C=O) groups excluding carboxylic acids is 3. The minimum absolute atomic E-state index is 0.106. The molecule has 0 aliphatic carbocycles. The fourth-order valence-corrected chi connectivity index (χ4v) is 4.51. The number of ether oxygens (including phenoxy) is 3. The molecule has 0 saturated carbocycles. The lowest BCUT2D eigenvalue weighted by atomic mass is 9.92. The molecule has 1 unspecified atom stereocenters. The van der Waals surface area contributed by atoms with Gasteiger partial charge in [0.15, 0.2) is 0 Å². The van der Waals surface area contributed by atoms with Gasteiger partial charge >= 0.3 is 11.9 Å². The summed E-state index contributed by atoms with van der Waals surface area (Å²) in [6.07, 6.45) is 8.07. The molecule has 3 rings (SSSR count). The zero-order valence-electron chi connectivity index (χ0n) is 24.8. The molecule has 0 aliphatic rings. The number of para-hydroxylation sites is 1. The smallest absolute Gasteiger partial charge is 0.338 e. The molecule has 222 valence electrons. The Labute approximate surface area is 248 Å². The summed E-state index contributed by atoms with van der Waals surface area (Å²) < 4.78 is 16.3. The van der Waals surface area contributed by atoms with Crippen molar-refractivity contribution in [2.24, 2.45) is 5.92 Å². The van der Waals surface area contributed by atoms with Crippen molar-refractivity contribution in [1.82, 2.24) is 0 Å². The highest BCUT2D eigenvalue weighted by molar-refractivity contribution is 5.89. The number of hydrogen-bond donors (Lipinski definition) is 1. The normalized spacial score (nSPS) is 11.6. The Bertz CT molecular complexity index is 1310. The highest BCUT2D eigenvalue weighted by Crippen LogP contribution is 2.25. The Hall–Kier alpha value is -4.39. The molecule has 0 radical (unpaired) electrons. The monoisotopic (exact) mass is 571 g/mol. The predicted molar refractivity (Wildman–Crippen MR) is 165 cm³/mol. The van der Waals surface area contributed by atoms with Crippen LogP contribution in [0.3, 0.4) is 0 Å². The zero-order chi connectivity index (χ0) is 30.2. The SMILES string of the molecule is CCOC(=O)CCCCC(/C=C/c1ccccc1OCc1ccc(NC(C)=O)cc1)Cc1ccc(C(=O)OCC)cc1. The third-order valence-electron chi connectivity index (χ3n) is 6.61. The van der Waals surface area contributed by atoms with Crippen LogP contribution in [0.1, 0.15) is 73.5 Å². The van der Waals surface area contributed by atoms with Crippen LogP contribution >= 0.6 is 0 Å². The molecule has 1 amide bonds. The van der Waals surface area contributed by atoms with Gasteiger partial charge in [-0.3, -0.25) is 9.59 Å². The summed E-state index contributed by atoms with van der Waals surface area (Å²) in [4.78, 5) is 35.1. The average molecular weight is 572 g/mol. The molecule has 0 aliphatic heterocycles. The van der Waals surface area contributed by atoms with Crippen LogP contribution < -0.4 is 10.1 Å². The molecule has 7 heteroatoms. The van der Waals surface area contributed by atoms with E-state index in [-0.39, 0.29) is 23.8 Å². The summed E-state index contributed by atoms with van der Waals surface area (Å²) in [5.41, 5.74) is 4.38. The maximum absolute atomic E-state index is 12.0. The highest BCUT2D eigenvalue weighted by atomic mass is 16.5. The summed E-state index contributed by atoms with van der Waals surface area (Å²) in [6.45, 7) is 6.23. The van der Waals surface area contributed by atoms with Gasteiger partial charge < -0.3 is 19.5 Å². The minimum atomic E-state index is -0.320. The number of nitrogens with one attached hydrogen (secondary N) is 1. The molecule has 3 aromatic carbocycles. The third-order valence-corrected chi connectivity index (χ3v) is 6.61. The highest BCUT2D eigenvalue weighted by Gasteiger charge is 2.11. The first-order valence-electron chi connectivity index (χ1n) is 14.6. The Balaban J connectivity index is 1.68. The van der Waals surface area contributed by atoms with Crippen molar-refractivity contribution in [3.05, 3.63) is 101 Å². The van der Waals surface area contributed by atoms with E-state index in [9.17, 15) is 14.4 Å². The van der Waals surface area contributed by atoms with Gasteiger partial charge in [-0.15, -0.1) is 0 Å². The molecular weight excluding hydrogens is 530 g/mol. The van der Waals surface area contributed by atoms with E-state index in [1.807, 2.05) is 67.6 Å². The topological polar surface area (TPSA) is 90.9 Å². The van der Waals surface area contributed by atoms with Crippen molar-refractivity contribution >= 4 is 29.6 Å². The first-order valence-corrected chi connectivity index (χ1v) is 14.6. The number of allylic oxidation sites excluding steroid dienone is 1. The van der Waals surface area contributed by atoms with E-state index in [0.29, 0.717) is 31.8 Å². The molecule has 0 fully saturated rings. The van der Waals surface area contributed by atoms with Crippen molar-refractivity contribution in [2.75, 3.05) is 18.5 Å². The van der Waals surface area contributed by atoms with Gasteiger partial charge in [0.1, 0.15) is 12.4 Å². The van der Waals surface area contributed by atoms with Gasteiger partial charge in [0.2, 0.25) is 5.91 Å². The molecule has 0 aromatic heterocycles. The number of rotatable bonds is 16. The second kappa shape index (κ2) is 17.4. The van der Waals surface area contributed by atoms with E-state index in [1.54, 1.807) is 19.1 Å². The lowest BCUT2D eigenvalue weighted by molar-refractivity contribution is -0.143. The molecule has 42 heavy (non-hydrogen) atoms. The van der Waals surface area contributed by atoms with E-state index < -0.39 is 0 Å². The number of unbranched alkanes of at least 4 members (excludes halogenated alkanes) is 1. The molecular formula is C35H41NO6. The van der Waals surface area contributed by atoms with Crippen molar-refractivity contribution in [2.45, 2.75) is 59.5 Å². The minimum Gasteiger partial charge on any atom is -0.488 e. The van der Waals surface area contributed by atoms with Gasteiger partial charge in [-0.1, -0.05) is 61.0 Å². The number of benzene rings is 3. The fourth-order valence-electron chi connectivity index (χ4n) is 4.51. The Morgan fingerprint density at radius 1 is 0.833 bits per heavy atom. The maximum atomic E-state index is 12.0. The van der Waals surface area contributed by atoms with Crippen LogP contribution in [0.5, 0.6) is 5.75 Å². The van der Waals surface area contributed by atoms with Gasteiger partial charge in [-0.25, -0.2) is 4.79 Å². The summed E-state index contributed by atoms with van der Waals surface area (Å²) in [5.74, 6) is 0.412. The van der Waals surface area contributed by atoms with Crippen LogP contribution in [0.25, 0.3) is 6.08 Å². The number of anilines is 1. The molecule has 0 spiro atoms. The number of hydrogen-bond acceptors (Lipinski definition) is 6. The van der Waals surface area contributed by atoms with Gasteiger partial charge in [-0.05, 0) is 80.5 Å². The quantitative estimate of drug-likeness (QED) is 0.142. The second-order valence-electron chi connectivity index (χ2n) is 10.00. The van der Waals surface area contributed by atoms with Crippen LogP contribution in [0.15, 0.2) is 78.9 Å². The summed E-state index contributed by atoms with van der Waals surface area (Å²) in [6, 6.07) is 23.1. The van der Waals surface area contributed by atoms with Crippen LogP contribution in [0.4, 0.5) is 5.69 Å². The third kappa shape index (κ3) is 11.2. The average Bonchev–Trinajstić information content (AvgIpc) is 2.98. The lowest BCUT2D eigenvalue weighted by Gasteiger charge is -2.15. The van der Waals surface area contributed by atoms with Gasteiger partial charge in [0.25, 0.3) is 0 Å². The molecule has 7 nitrogen and oxygen atoms in total. The molecule has 1 atom stereocenters. The zero-order valence-corrected chi connectivity index (χ0v) is 24.8. The first kappa shape index (κ1) is 32.1. The Morgan fingerprint density at radius 2 is 1.52 bits per heavy atom. The second-order valence-corrected chi connectivity index (χ2v) is 10.00. The van der Waals surface area contributed by atoms with E-state index in [4.69, 9.17) is 14.2 Å². The van der Waals surface area contributed by atoms with Gasteiger partial charge in [0, 0.05) is 24.6 Å².